The Kier molecular flexibility index (Phi) is 11.1. The van der Waals surface area contributed by atoms with Gasteiger partial charge in [-0.2, -0.15) is 0 Å². The van der Waals surface area contributed by atoms with Crippen LogP contribution < -0.4 is 0 Å². The molecular weight excluding hydrogens is 179 g/mol. The standard InChI is InChI=1S/C9H18Cl2/c10-8-6-4-2-1-3-5-7-9-11/h1-9H2. The summed E-state index contributed by atoms with van der Waals surface area (Å²) in [6.45, 7) is 0. The van der Waals surface area contributed by atoms with Crippen molar-refractivity contribution in [1.82, 2.24) is 0 Å². The summed E-state index contributed by atoms with van der Waals surface area (Å²) < 4.78 is 0. The van der Waals surface area contributed by atoms with Gasteiger partial charge in [-0.3, -0.25) is 0 Å². The van der Waals surface area contributed by atoms with E-state index in [1.165, 1.54) is 44.9 Å². The molecule has 0 fully saturated rings. The fourth-order valence-corrected chi connectivity index (χ4v) is 1.45. The first-order valence-electron chi connectivity index (χ1n) is 4.53. The Bertz CT molecular complexity index is 56.6. The fraction of sp³-hybridized carbons (Fsp3) is 1.00. The molecule has 0 atom stereocenters. The Morgan fingerprint density at radius 1 is 0.455 bits per heavy atom. The van der Waals surface area contributed by atoms with Crippen molar-refractivity contribution in [1.29, 1.82) is 0 Å². The maximum atomic E-state index is 5.55. The summed E-state index contributed by atoms with van der Waals surface area (Å²) in [4.78, 5) is 0. The van der Waals surface area contributed by atoms with E-state index in [9.17, 15) is 0 Å². The second-order valence-corrected chi connectivity index (χ2v) is 3.61. The van der Waals surface area contributed by atoms with Crippen LogP contribution in [-0.4, -0.2) is 11.8 Å². The van der Waals surface area contributed by atoms with E-state index >= 15 is 0 Å². The maximum Gasteiger partial charge on any atom is 0.0223 e. The van der Waals surface area contributed by atoms with Gasteiger partial charge in [0, 0.05) is 11.8 Å². The van der Waals surface area contributed by atoms with Crippen LogP contribution in [-0.2, 0) is 0 Å². The van der Waals surface area contributed by atoms with E-state index in [-0.39, 0.29) is 0 Å². The van der Waals surface area contributed by atoms with Crippen molar-refractivity contribution >= 4 is 23.2 Å². The number of hydrogen-bond donors (Lipinski definition) is 0. The topological polar surface area (TPSA) is 0 Å². The number of halogens is 2. The van der Waals surface area contributed by atoms with Gasteiger partial charge in [0.25, 0.3) is 0 Å². The predicted octanol–water partition coefficient (Wildman–Crippen LogP) is 4.19. The Hall–Kier alpha value is 0.580. The minimum Gasteiger partial charge on any atom is -0.127 e. The summed E-state index contributed by atoms with van der Waals surface area (Å²) in [6, 6.07) is 0. The summed E-state index contributed by atoms with van der Waals surface area (Å²) in [5, 5.41) is 0. The average Bonchev–Trinajstić information content (AvgIpc) is 2.03. The second-order valence-electron chi connectivity index (χ2n) is 2.85. The lowest BCUT2D eigenvalue weighted by Crippen LogP contribution is -1.81. The molecule has 0 nitrogen and oxygen atoms in total. The first-order valence-corrected chi connectivity index (χ1v) is 5.60. The highest BCUT2D eigenvalue weighted by Crippen LogP contribution is 2.07. The largest absolute Gasteiger partial charge is 0.127 e. The summed E-state index contributed by atoms with van der Waals surface area (Å²) in [5.41, 5.74) is 0. The van der Waals surface area contributed by atoms with Gasteiger partial charge in [0.15, 0.2) is 0 Å². The summed E-state index contributed by atoms with van der Waals surface area (Å²) >= 11 is 11.1. The van der Waals surface area contributed by atoms with Crippen LogP contribution in [0.1, 0.15) is 44.9 Å². The minimum absolute atomic E-state index is 0.821. The van der Waals surface area contributed by atoms with E-state index in [1.807, 2.05) is 0 Å². The van der Waals surface area contributed by atoms with Crippen molar-refractivity contribution in [2.75, 3.05) is 11.8 Å². The van der Waals surface area contributed by atoms with Gasteiger partial charge >= 0.3 is 0 Å². The molecule has 0 unspecified atom stereocenters. The SMILES string of the molecule is ClCCCCCCCCCCl. The summed E-state index contributed by atoms with van der Waals surface area (Å²) in [5.74, 6) is 1.64. The third-order valence-electron chi connectivity index (χ3n) is 1.77. The van der Waals surface area contributed by atoms with Crippen molar-refractivity contribution in [2.45, 2.75) is 44.9 Å². The van der Waals surface area contributed by atoms with Crippen molar-refractivity contribution in [3.63, 3.8) is 0 Å². The molecule has 68 valence electrons. The average molecular weight is 197 g/mol. The molecule has 0 rings (SSSR count). The zero-order valence-electron chi connectivity index (χ0n) is 7.12. The molecule has 0 radical (unpaired) electrons. The molecule has 0 saturated heterocycles. The van der Waals surface area contributed by atoms with Crippen molar-refractivity contribution in [3.05, 3.63) is 0 Å². The molecule has 0 spiro atoms. The van der Waals surface area contributed by atoms with Crippen molar-refractivity contribution in [2.24, 2.45) is 0 Å². The monoisotopic (exact) mass is 196 g/mol. The van der Waals surface area contributed by atoms with Gasteiger partial charge in [-0.15, -0.1) is 23.2 Å². The Labute approximate surface area is 80.3 Å². The molecule has 0 aromatic carbocycles. The highest BCUT2D eigenvalue weighted by Gasteiger charge is 1.89. The van der Waals surface area contributed by atoms with Crippen LogP contribution in [0, 0.1) is 0 Å². The van der Waals surface area contributed by atoms with Crippen LogP contribution >= 0.6 is 23.2 Å². The third-order valence-corrected chi connectivity index (χ3v) is 2.30. The number of rotatable bonds is 8. The predicted molar refractivity (Wildman–Crippen MR) is 53.8 cm³/mol. The van der Waals surface area contributed by atoms with Crippen LogP contribution in [0.4, 0.5) is 0 Å². The van der Waals surface area contributed by atoms with Gasteiger partial charge in [0.2, 0.25) is 0 Å². The molecule has 0 aliphatic heterocycles. The zero-order valence-corrected chi connectivity index (χ0v) is 8.63. The van der Waals surface area contributed by atoms with Crippen LogP contribution in [0.3, 0.4) is 0 Å². The Morgan fingerprint density at radius 3 is 1.00 bits per heavy atom. The van der Waals surface area contributed by atoms with Crippen LogP contribution in [0.5, 0.6) is 0 Å². The molecule has 0 aliphatic rings. The smallest absolute Gasteiger partial charge is 0.0223 e. The van der Waals surface area contributed by atoms with E-state index in [0.717, 1.165) is 11.8 Å². The minimum atomic E-state index is 0.821. The molecule has 0 heterocycles. The van der Waals surface area contributed by atoms with Crippen LogP contribution in [0.15, 0.2) is 0 Å². The van der Waals surface area contributed by atoms with E-state index in [4.69, 9.17) is 23.2 Å². The van der Waals surface area contributed by atoms with Gasteiger partial charge in [-0.1, -0.05) is 32.1 Å². The van der Waals surface area contributed by atoms with Gasteiger partial charge in [-0.25, -0.2) is 0 Å². The quantitative estimate of drug-likeness (QED) is 0.404. The van der Waals surface area contributed by atoms with E-state index in [2.05, 4.69) is 0 Å². The third kappa shape index (κ3) is 10.6. The normalized spacial score (nSPS) is 10.4. The van der Waals surface area contributed by atoms with Gasteiger partial charge in [0.1, 0.15) is 0 Å². The van der Waals surface area contributed by atoms with Crippen molar-refractivity contribution in [3.8, 4) is 0 Å². The fourth-order valence-electron chi connectivity index (χ4n) is 1.07. The number of unbranched alkanes of at least 4 members (excludes halogenated alkanes) is 6. The highest BCUT2D eigenvalue weighted by atomic mass is 35.5. The van der Waals surface area contributed by atoms with Gasteiger partial charge < -0.3 is 0 Å². The molecule has 0 aromatic rings. The van der Waals surface area contributed by atoms with E-state index < -0.39 is 0 Å². The second kappa shape index (κ2) is 10.6. The molecule has 0 saturated carbocycles. The van der Waals surface area contributed by atoms with Crippen molar-refractivity contribution < 1.29 is 0 Å². The Balaban J connectivity index is 2.69. The highest BCUT2D eigenvalue weighted by molar-refractivity contribution is 6.18. The maximum absolute atomic E-state index is 5.55. The zero-order chi connectivity index (χ0) is 8.36. The lowest BCUT2D eigenvalue weighted by Gasteiger charge is -1.98. The molecular formula is C9H18Cl2. The first-order chi connectivity index (χ1) is 5.41. The number of alkyl halides is 2. The van der Waals surface area contributed by atoms with Crippen LogP contribution in [0.25, 0.3) is 0 Å². The Morgan fingerprint density at radius 2 is 0.727 bits per heavy atom. The van der Waals surface area contributed by atoms with Crippen LogP contribution in [0.2, 0.25) is 0 Å². The molecule has 0 bridgehead atoms. The first kappa shape index (κ1) is 11.6. The number of hydrogen-bond acceptors (Lipinski definition) is 0. The molecule has 0 amide bonds. The summed E-state index contributed by atoms with van der Waals surface area (Å²) in [6.07, 6.45) is 8.99. The molecule has 0 aliphatic carbocycles. The molecule has 0 aromatic heterocycles. The lowest BCUT2D eigenvalue weighted by molar-refractivity contribution is 0.604. The lowest BCUT2D eigenvalue weighted by atomic mass is 10.1. The molecule has 11 heavy (non-hydrogen) atoms. The van der Waals surface area contributed by atoms with E-state index in [0.29, 0.717) is 0 Å². The molecule has 0 N–H and O–H groups in total. The van der Waals surface area contributed by atoms with E-state index in [1.54, 1.807) is 0 Å². The molecule has 2 heteroatoms. The summed E-state index contributed by atoms with van der Waals surface area (Å²) in [7, 11) is 0. The van der Waals surface area contributed by atoms with Gasteiger partial charge in [0.05, 0.1) is 0 Å². The van der Waals surface area contributed by atoms with Gasteiger partial charge in [-0.05, 0) is 12.8 Å².